The smallest absolute Gasteiger partial charge is 0.141 e. The van der Waals surface area contributed by atoms with Gasteiger partial charge in [-0.2, -0.15) is 0 Å². The van der Waals surface area contributed by atoms with E-state index in [0.29, 0.717) is 12.1 Å². The summed E-state index contributed by atoms with van der Waals surface area (Å²) < 4.78 is 13.8. The number of carbonyl (C=O) groups excluding carboxylic acids is 1. The highest BCUT2D eigenvalue weighted by molar-refractivity contribution is 9.10. The van der Waals surface area contributed by atoms with E-state index in [1.165, 1.54) is 12.1 Å². The van der Waals surface area contributed by atoms with E-state index in [9.17, 15) is 9.18 Å². The molecule has 1 unspecified atom stereocenters. The van der Waals surface area contributed by atoms with Gasteiger partial charge in [-0.15, -0.1) is 0 Å². The van der Waals surface area contributed by atoms with E-state index in [1.807, 2.05) is 13.8 Å². The molecule has 0 radical (unpaired) electrons. The predicted molar refractivity (Wildman–Crippen MR) is 70.2 cm³/mol. The number of benzene rings is 1. The van der Waals surface area contributed by atoms with Crippen molar-refractivity contribution in [2.24, 2.45) is 17.6 Å². The number of nitrogens with two attached hydrogens (primary N) is 1. The summed E-state index contributed by atoms with van der Waals surface area (Å²) in [4.78, 5) is 12.0. The average Bonchev–Trinajstić information content (AvgIpc) is 2.24. The minimum Gasteiger partial charge on any atom is -0.330 e. The molecule has 0 fully saturated rings. The highest BCUT2D eigenvalue weighted by Crippen LogP contribution is 2.21. The van der Waals surface area contributed by atoms with Gasteiger partial charge in [0.15, 0.2) is 0 Å². The zero-order chi connectivity index (χ0) is 13.0. The summed E-state index contributed by atoms with van der Waals surface area (Å²) in [5.41, 5.74) is 6.26. The summed E-state index contributed by atoms with van der Waals surface area (Å²) in [6.45, 7) is 4.27. The van der Waals surface area contributed by atoms with E-state index in [0.717, 1.165) is 4.47 Å². The van der Waals surface area contributed by atoms with E-state index >= 15 is 0 Å². The van der Waals surface area contributed by atoms with Crippen LogP contribution in [0.25, 0.3) is 0 Å². The van der Waals surface area contributed by atoms with Crippen LogP contribution in [0.4, 0.5) is 4.39 Å². The summed E-state index contributed by atoms with van der Waals surface area (Å²) in [5, 5.41) is 0. The Morgan fingerprint density at radius 2 is 2.12 bits per heavy atom. The van der Waals surface area contributed by atoms with Gasteiger partial charge in [0.05, 0.1) is 0 Å². The third-order valence-corrected chi connectivity index (χ3v) is 3.62. The monoisotopic (exact) mass is 301 g/mol. The molecule has 2 nitrogen and oxygen atoms in total. The average molecular weight is 302 g/mol. The van der Waals surface area contributed by atoms with Gasteiger partial charge in [0.2, 0.25) is 0 Å². The van der Waals surface area contributed by atoms with Crippen LogP contribution in [0.15, 0.2) is 22.7 Å². The Morgan fingerprint density at radius 3 is 2.65 bits per heavy atom. The van der Waals surface area contributed by atoms with Crippen LogP contribution in [0.2, 0.25) is 0 Å². The van der Waals surface area contributed by atoms with Gasteiger partial charge in [-0.3, -0.25) is 4.79 Å². The van der Waals surface area contributed by atoms with Gasteiger partial charge in [-0.1, -0.05) is 29.8 Å². The van der Waals surface area contributed by atoms with Crippen LogP contribution in [0.3, 0.4) is 0 Å². The molecule has 2 N–H and O–H groups in total. The molecule has 4 heteroatoms. The maximum Gasteiger partial charge on any atom is 0.141 e. The number of ketones is 1. The lowest BCUT2D eigenvalue weighted by molar-refractivity contribution is -0.123. The largest absolute Gasteiger partial charge is 0.330 e. The van der Waals surface area contributed by atoms with Crippen molar-refractivity contribution in [3.05, 3.63) is 34.1 Å². The molecule has 0 saturated heterocycles. The van der Waals surface area contributed by atoms with Crippen LogP contribution in [-0.2, 0) is 11.2 Å². The molecule has 17 heavy (non-hydrogen) atoms. The van der Waals surface area contributed by atoms with Gasteiger partial charge in [-0.25, -0.2) is 4.39 Å². The van der Waals surface area contributed by atoms with Crippen molar-refractivity contribution in [2.45, 2.75) is 20.3 Å². The number of Topliss-reactive ketones (excluding diaryl/α,β-unsaturated/α-hetero) is 1. The number of hydrogen-bond donors (Lipinski definition) is 1. The molecule has 0 spiro atoms. The summed E-state index contributed by atoms with van der Waals surface area (Å²) in [6.07, 6.45) is 0.221. The van der Waals surface area contributed by atoms with E-state index in [2.05, 4.69) is 15.9 Å². The summed E-state index contributed by atoms with van der Waals surface area (Å²) >= 11 is 3.32. The Kier molecular flexibility index (Phi) is 5.28. The lowest BCUT2D eigenvalue weighted by Gasteiger charge is -2.17. The fourth-order valence-corrected chi connectivity index (χ4v) is 2.16. The van der Waals surface area contributed by atoms with Crippen molar-refractivity contribution < 1.29 is 9.18 Å². The van der Waals surface area contributed by atoms with E-state index in [-0.39, 0.29) is 29.9 Å². The molecule has 0 saturated carbocycles. The van der Waals surface area contributed by atoms with Gasteiger partial charge >= 0.3 is 0 Å². The van der Waals surface area contributed by atoms with Crippen molar-refractivity contribution in [2.75, 3.05) is 6.54 Å². The van der Waals surface area contributed by atoms with Crippen LogP contribution in [0, 0.1) is 17.7 Å². The quantitative estimate of drug-likeness (QED) is 0.909. The van der Waals surface area contributed by atoms with E-state index in [1.54, 1.807) is 6.07 Å². The number of carbonyl (C=O) groups is 1. The molecule has 0 aliphatic heterocycles. The van der Waals surface area contributed by atoms with Gasteiger partial charge in [0, 0.05) is 23.4 Å². The van der Waals surface area contributed by atoms with Crippen molar-refractivity contribution in [3.63, 3.8) is 0 Å². The molecule has 1 aromatic rings. The molecular weight excluding hydrogens is 285 g/mol. The topological polar surface area (TPSA) is 43.1 Å². The first-order valence-electron chi connectivity index (χ1n) is 5.62. The van der Waals surface area contributed by atoms with E-state index in [4.69, 9.17) is 5.73 Å². The number of hydrogen-bond acceptors (Lipinski definition) is 2. The van der Waals surface area contributed by atoms with Gasteiger partial charge in [0.1, 0.15) is 11.6 Å². The maximum absolute atomic E-state index is 13.1. The maximum atomic E-state index is 13.1. The Labute approximate surface area is 110 Å². The van der Waals surface area contributed by atoms with Crippen LogP contribution in [0.1, 0.15) is 19.4 Å². The van der Waals surface area contributed by atoms with E-state index < -0.39 is 0 Å². The molecule has 1 rings (SSSR count). The SMILES string of the molecule is CC(C)C(CN)C(=O)Cc1cc(F)ccc1Br. The fourth-order valence-electron chi connectivity index (χ4n) is 1.77. The van der Waals surface area contributed by atoms with Crippen molar-refractivity contribution >= 4 is 21.7 Å². The molecule has 1 aromatic carbocycles. The minimum absolute atomic E-state index is 0.0637. The van der Waals surface area contributed by atoms with Crippen molar-refractivity contribution in [3.8, 4) is 0 Å². The molecule has 0 aliphatic carbocycles. The fraction of sp³-hybridized carbons (Fsp3) is 0.462. The predicted octanol–water partition coefficient (Wildman–Crippen LogP) is 2.93. The third-order valence-electron chi connectivity index (χ3n) is 2.84. The van der Waals surface area contributed by atoms with Gasteiger partial charge < -0.3 is 5.73 Å². The molecule has 0 aromatic heterocycles. The number of rotatable bonds is 5. The van der Waals surface area contributed by atoms with Crippen LogP contribution in [-0.4, -0.2) is 12.3 Å². The first-order valence-corrected chi connectivity index (χ1v) is 6.41. The van der Waals surface area contributed by atoms with Crippen LogP contribution < -0.4 is 5.73 Å². The van der Waals surface area contributed by atoms with Gasteiger partial charge in [0.25, 0.3) is 0 Å². The Morgan fingerprint density at radius 1 is 1.47 bits per heavy atom. The molecule has 0 aliphatic rings. The van der Waals surface area contributed by atoms with Crippen molar-refractivity contribution in [1.29, 1.82) is 0 Å². The Hall–Kier alpha value is -0.740. The first kappa shape index (κ1) is 14.3. The molecule has 1 atom stereocenters. The highest BCUT2D eigenvalue weighted by atomic mass is 79.9. The Bertz CT molecular complexity index is 406. The number of halogens is 2. The molecular formula is C13H17BrFNO. The first-order chi connectivity index (χ1) is 7.95. The third kappa shape index (κ3) is 3.89. The molecule has 0 heterocycles. The molecule has 0 amide bonds. The van der Waals surface area contributed by atoms with Crippen LogP contribution >= 0.6 is 15.9 Å². The molecule has 94 valence electrons. The summed E-state index contributed by atoms with van der Waals surface area (Å²) in [6, 6.07) is 4.36. The zero-order valence-corrected chi connectivity index (χ0v) is 11.6. The Balaban J connectivity index is 2.83. The normalized spacial score (nSPS) is 12.8. The van der Waals surface area contributed by atoms with Crippen molar-refractivity contribution in [1.82, 2.24) is 0 Å². The summed E-state index contributed by atoms with van der Waals surface area (Å²) in [5.74, 6) is -0.219. The van der Waals surface area contributed by atoms with Crippen LogP contribution in [0.5, 0.6) is 0 Å². The second-order valence-corrected chi connectivity index (χ2v) is 5.32. The standard InChI is InChI=1S/C13H17BrFNO/c1-8(2)11(7-16)13(17)6-9-5-10(15)3-4-12(9)14/h3-5,8,11H,6-7,16H2,1-2H3. The highest BCUT2D eigenvalue weighted by Gasteiger charge is 2.21. The lowest BCUT2D eigenvalue weighted by Crippen LogP contribution is -2.29. The second-order valence-electron chi connectivity index (χ2n) is 4.47. The van der Waals surface area contributed by atoms with Gasteiger partial charge in [-0.05, 0) is 29.7 Å². The lowest BCUT2D eigenvalue weighted by atomic mass is 9.88. The molecule has 0 bridgehead atoms. The minimum atomic E-state index is -0.329. The second kappa shape index (κ2) is 6.26. The zero-order valence-electron chi connectivity index (χ0n) is 10.0. The summed E-state index contributed by atoms with van der Waals surface area (Å²) in [7, 11) is 0.